The Kier molecular flexibility index (Phi) is 5.09. The van der Waals surface area contributed by atoms with Crippen molar-refractivity contribution >= 4 is 22.6 Å². The number of furan rings is 1. The Morgan fingerprint density at radius 2 is 1.43 bits per heavy atom. The van der Waals surface area contributed by atoms with Crippen LogP contribution in [0.15, 0.2) is 77.2 Å². The van der Waals surface area contributed by atoms with Crippen LogP contribution in [0.25, 0.3) is 22.3 Å². The van der Waals surface area contributed by atoms with Crippen LogP contribution in [0.1, 0.15) is 11.1 Å². The molecule has 1 heterocycles. The molecule has 7 heteroatoms. The Morgan fingerprint density at radius 1 is 0.800 bits per heavy atom. The summed E-state index contributed by atoms with van der Waals surface area (Å²) >= 11 is 0. The molecule has 0 fully saturated rings. The van der Waals surface area contributed by atoms with E-state index in [1.165, 1.54) is 0 Å². The predicted molar refractivity (Wildman–Crippen MR) is 116 cm³/mol. The van der Waals surface area contributed by atoms with Crippen LogP contribution in [0, 0.1) is 10.8 Å². The van der Waals surface area contributed by atoms with Crippen LogP contribution in [0.4, 0.5) is 0 Å². The number of rotatable bonds is 7. The summed E-state index contributed by atoms with van der Waals surface area (Å²) in [5.74, 6) is 1.99. The molecule has 0 saturated heterocycles. The Labute approximate surface area is 172 Å². The fraction of sp³-hybridized carbons (Fsp3) is 0.0435. The van der Waals surface area contributed by atoms with Crippen molar-refractivity contribution in [3.63, 3.8) is 0 Å². The second kappa shape index (κ2) is 8.00. The minimum absolute atomic E-state index is 0.00707. The number of ether oxygens (including phenoxy) is 2. The minimum atomic E-state index is 0.00707. The molecule has 30 heavy (non-hydrogen) atoms. The van der Waals surface area contributed by atoms with Crippen LogP contribution >= 0.6 is 0 Å². The molecule has 0 unspecified atom stereocenters. The van der Waals surface area contributed by atoms with Gasteiger partial charge in [0.1, 0.15) is 34.5 Å². The number of nitrogen functional groups attached to an aromatic ring is 2. The molecule has 0 amide bonds. The summed E-state index contributed by atoms with van der Waals surface area (Å²) in [4.78, 5) is 0. The Morgan fingerprint density at radius 3 is 2.03 bits per heavy atom. The summed E-state index contributed by atoms with van der Waals surface area (Å²) < 4.78 is 17.1. The van der Waals surface area contributed by atoms with Crippen LogP contribution < -0.4 is 20.9 Å². The van der Waals surface area contributed by atoms with Crippen LogP contribution in [-0.4, -0.2) is 18.5 Å². The fourth-order valence-electron chi connectivity index (χ4n) is 3.05. The molecule has 0 aliphatic rings. The third-order valence-corrected chi connectivity index (χ3v) is 4.61. The third-order valence-electron chi connectivity index (χ3n) is 4.61. The number of amidine groups is 2. The monoisotopic (exact) mass is 400 g/mol. The normalized spacial score (nSPS) is 10.7. The highest BCUT2D eigenvalue weighted by atomic mass is 16.7. The van der Waals surface area contributed by atoms with Crippen LogP contribution in [0.3, 0.4) is 0 Å². The molecule has 0 atom stereocenters. The minimum Gasteiger partial charge on any atom is -0.458 e. The van der Waals surface area contributed by atoms with Crippen molar-refractivity contribution in [3.8, 4) is 22.8 Å². The van der Waals surface area contributed by atoms with Gasteiger partial charge >= 0.3 is 0 Å². The standard InChI is InChI=1S/C23H20N4O3/c24-22(25)15-6-10-17(11-7-15)29-13-28-16-8-4-14(5-9-16)21-12-19-18(23(26)27)2-1-3-20(19)30-21/h1-12H,13H2,(H3,24,25)(H3,26,27). The molecule has 7 nitrogen and oxygen atoms in total. The van der Waals surface area contributed by atoms with E-state index in [-0.39, 0.29) is 18.5 Å². The molecule has 0 saturated carbocycles. The van der Waals surface area contributed by atoms with Gasteiger partial charge in [-0.25, -0.2) is 0 Å². The topological polar surface area (TPSA) is 131 Å². The first-order chi connectivity index (χ1) is 14.5. The lowest BCUT2D eigenvalue weighted by Crippen LogP contribution is -2.11. The van der Waals surface area contributed by atoms with Crippen LogP contribution in [-0.2, 0) is 0 Å². The highest BCUT2D eigenvalue weighted by Gasteiger charge is 2.11. The van der Waals surface area contributed by atoms with Gasteiger partial charge in [-0.05, 0) is 60.7 Å². The van der Waals surface area contributed by atoms with E-state index in [0.717, 1.165) is 10.9 Å². The Bertz CT molecular complexity index is 1210. The maximum atomic E-state index is 7.71. The van der Waals surface area contributed by atoms with Gasteiger partial charge in [0.05, 0.1) is 0 Å². The average molecular weight is 400 g/mol. The molecule has 0 bridgehead atoms. The first-order valence-corrected chi connectivity index (χ1v) is 9.19. The number of hydrogen-bond acceptors (Lipinski definition) is 5. The predicted octanol–water partition coefficient (Wildman–Crippen LogP) is 4.08. The molecule has 4 aromatic rings. The molecule has 3 aromatic carbocycles. The molecule has 150 valence electrons. The van der Waals surface area contributed by atoms with Crippen molar-refractivity contribution in [2.45, 2.75) is 0 Å². The summed E-state index contributed by atoms with van der Waals surface area (Å²) in [6.07, 6.45) is 0. The van der Waals surface area contributed by atoms with Crippen molar-refractivity contribution in [2.75, 3.05) is 6.79 Å². The zero-order chi connectivity index (χ0) is 21.1. The first-order valence-electron chi connectivity index (χ1n) is 9.19. The zero-order valence-electron chi connectivity index (χ0n) is 16.0. The molecule has 1 aromatic heterocycles. The van der Waals surface area contributed by atoms with Crippen molar-refractivity contribution < 1.29 is 13.9 Å². The van der Waals surface area contributed by atoms with Crippen molar-refractivity contribution in [3.05, 3.63) is 83.9 Å². The quantitative estimate of drug-likeness (QED) is 0.211. The SMILES string of the molecule is N=C(N)c1ccc(OCOc2ccc(-c3cc4c(C(=N)N)cccc4o3)cc2)cc1. The summed E-state index contributed by atoms with van der Waals surface area (Å²) in [5, 5.41) is 15.9. The van der Waals surface area contributed by atoms with E-state index in [9.17, 15) is 0 Å². The number of hydrogen-bond donors (Lipinski definition) is 4. The second-order valence-electron chi connectivity index (χ2n) is 6.61. The highest BCUT2D eigenvalue weighted by molar-refractivity contribution is 6.07. The van der Waals surface area contributed by atoms with Gasteiger partial charge < -0.3 is 25.4 Å². The van der Waals surface area contributed by atoms with E-state index in [1.807, 2.05) is 42.5 Å². The third kappa shape index (κ3) is 3.95. The van der Waals surface area contributed by atoms with Gasteiger partial charge in [-0.1, -0.05) is 12.1 Å². The summed E-state index contributed by atoms with van der Waals surface area (Å²) in [6, 6.07) is 21.7. The van der Waals surface area contributed by atoms with Gasteiger partial charge in [-0.2, -0.15) is 0 Å². The van der Waals surface area contributed by atoms with Gasteiger partial charge in [-0.15, -0.1) is 0 Å². The molecule has 4 rings (SSSR count). The molecule has 0 spiro atoms. The van der Waals surface area contributed by atoms with Crippen LogP contribution in [0.2, 0.25) is 0 Å². The molecule has 0 radical (unpaired) electrons. The second-order valence-corrected chi connectivity index (χ2v) is 6.61. The average Bonchev–Trinajstić information content (AvgIpc) is 3.19. The van der Waals surface area contributed by atoms with Crippen LogP contribution in [0.5, 0.6) is 11.5 Å². The molecular formula is C23H20N4O3. The van der Waals surface area contributed by atoms with Gasteiger partial charge in [0.25, 0.3) is 0 Å². The number of fused-ring (bicyclic) bond motifs is 1. The van der Waals surface area contributed by atoms with E-state index in [1.54, 1.807) is 30.3 Å². The Balaban J connectivity index is 1.42. The van der Waals surface area contributed by atoms with Gasteiger partial charge in [0.2, 0.25) is 6.79 Å². The van der Waals surface area contributed by atoms with E-state index in [2.05, 4.69) is 0 Å². The first kappa shape index (κ1) is 19.1. The summed E-state index contributed by atoms with van der Waals surface area (Å²) in [6.45, 7) is 0.0470. The number of nitrogens with one attached hydrogen (secondary N) is 2. The van der Waals surface area contributed by atoms with Gasteiger partial charge in [-0.3, -0.25) is 10.8 Å². The van der Waals surface area contributed by atoms with Gasteiger partial charge in [0, 0.05) is 22.1 Å². The molecule has 0 aliphatic heterocycles. The molecular weight excluding hydrogens is 380 g/mol. The fourth-order valence-corrected chi connectivity index (χ4v) is 3.05. The maximum absolute atomic E-state index is 7.71. The lowest BCUT2D eigenvalue weighted by molar-refractivity contribution is 0.120. The van der Waals surface area contributed by atoms with E-state index in [0.29, 0.717) is 34.0 Å². The van der Waals surface area contributed by atoms with E-state index >= 15 is 0 Å². The van der Waals surface area contributed by atoms with E-state index < -0.39 is 0 Å². The lowest BCUT2D eigenvalue weighted by atomic mass is 10.1. The maximum Gasteiger partial charge on any atom is 0.230 e. The van der Waals surface area contributed by atoms with E-state index in [4.69, 9.17) is 36.2 Å². The Hall–Kier alpha value is -4.26. The van der Waals surface area contributed by atoms with Gasteiger partial charge in [0.15, 0.2) is 0 Å². The smallest absolute Gasteiger partial charge is 0.230 e. The largest absolute Gasteiger partial charge is 0.458 e. The van der Waals surface area contributed by atoms with Crippen molar-refractivity contribution in [2.24, 2.45) is 11.5 Å². The van der Waals surface area contributed by atoms with Crippen molar-refractivity contribution in [1.29, 1.82) is 10.8 Å². The number of benzene rings is 3. The summed E-state index contributed by atoms with van der Waals surface area (Å²) in [5.41, 5.74) is 13.9. The highest BCUT2D eigenvalue weighted by Crippen LogP contribution is 2.30. The number of nitrogens with two attached hydrogens (primary N) is 2. The zero-order valence-corrected chi connectivity index (χ0v) is 16.0. The summed E-state index contributed by atoms with van der Waals surface area (Å²) in [7, 11) is 0. The lowest BCUT2D eigenvalue weighted by Gasteiger charge is -2.09. The van der Waals surface area contributed by atoms with Crippen molar-refractivity contribution in [1.82, 2.24) is 0 Å². The molecule has 6 N–H and O–H groups in total. The molecule has 0 aliphatic carbocycles.